The molecule has 0 fully saturated rings. The highest BCUT2D eigenvalue weighted by atomic mass is 127. The molecule has 1 heterocycles. The Morgan fingerprint density at radius 2 is 2.00 bits per heavy atom. The topological polar surface area (TPSA) is 67.8 Å². The number of methoxy groups -OCH3 is 1. The van der Waals surface area contributed by atoms with Crippen molar-refractivity contribution in [3.63, 3.8) is 0 Å². The average molecular weight is 573 g/mol. The predicted octanol–water partition coefficient (Wildman–Crippen LogP) is 4.86. The monoisotopic (exact) mass is 573 g/mol. The van der Waals surface area contributed by atoms with Crippen LogP contribution in [0.3, 0.4) is 0 Å². The zero-order chi connectivity index (χ0) is 23.2. The van der Waals surface area contributed by atoms with Gasteiger partial charge in [0.2, 0.25) is 0 Å². The van der Waals surface area contributed by atoms with E-state index in [1.165, 1.54) is 18.9 Å². The number of hydrogen-bond acceptors (Lipinski definition) is 6. The quantitative estimate of drug-likeness (QED) is 0.237. The van der Waals surface area contributed by atoms with Crippen LogP contribution in [0.1, 0.15) is 36.8 Å². The second-order valence-electron chi connectivity index (χ2n) is 7.36. The van der Waals surface area contributed by atoms with Crippen molar-refractivity contribution in [2.45, 2.75) is 63.3 Å². The van der Waals surface area contributed by atoms with Crippen LogP contribution in [0.15, 0.2) is 23.1 Å². The summed E-state index contributed by atoms with van der Waals surface area (Å²) in [5.41, 5.74) is 2.02. The third-order valence-corrected chi connectivity index (χ3v) is 7.99. The summed E-state index contributed by atoms with van der Waals surface area (Å²) in [6.45, 7) is 4.10. The van der Waals surface area contributed by atoms with E-state index in [-0.39, 0.29) is 24.6 Å². The smallest absolute Gasteiger partial charge is 0.389 e. The zero-order valence-corrected chi connectivity index (χ0v) is 20.6. The Bertz CT molecular complexity index is 780. The van der Waals surface area contributed by atoms with Crippen LogP contribution < -0.4 is 10.1 Å². The number of carbonyl (C=O) groups is 1. The number of carbonyl (C=O) groups excluding carboxylic acids is 1. The van der Waals surface area contributed by atoms with E-state index < -0.39 is 30.9 Å². The Hall–Kier alpha value is -0.980. The summed E-state index contributed by atoms with van der Waals surface area (Å²) in [5, 5.41) is 12.9. The lowest BCUT2D eigenvalue weighted by Gasteiger charge is -2.26. The van der Waals surface area contributed by atoms with Gasteiger partial charge in [-0.05, 0) is 72.5 Å². The molecule has 1 aliphatic rings. The number of alkyl halides is 3. The van der Waals surface area contributed by atoms with Gasteiger partial charge >= 0.3 is 12.1 Å². The molecule has 2 rings (SSSR count). The zero-order valence-electron chi connectivity index (χ0n) is 17.6. The van der Waals surface area contributed by atoms with Crippen LogP contribution in [0.4, 0.5) is 13.2 Å². The van der Waals surface area contributed by atoms with Crippen LogP contribution in [0.2, 0.25) is 0 Å². The third-order valence-electron chi connectivity index (χ3n) is 4.83. The summed E-state index contributed by atoms with van der Waals surface area (Å²) < 4.78 is 50.4. The van der Waals surface area contributed by atoms with Crippen molar-refractivity contribution >= 4 is 40.3 Å². The number of esters is 1. The number of benzene rings is 1. The maximum atomic E-state index is 12.9. The summed E-state index contributed by atoms with van der Waals surface area (Å²) in [5.74, 6) is 0.155. The molecule has 0 saturated carbocycles. The van der Waals surface area contributed by atoms with Gasteiger partial charge in [-0.15, -0.1) is 11.8 Å². The molecule has 0 spiro atoms. The Balaban J connectivity index is 2.03. The van der Waals surface area contributed by atoms with E-state index >= 15 is 0 Å². The lowest BCUT2D eigenvalue weighted by Crippen LogP contribution is -2.33. The Labute approximate surface area is 198 Å². The first kappa shape index (κ1) is 26.3. The minimum Gasteiger partial charge on any atom is -0.489 e. The van der Waals surface area contributed by atoms with Gasteiger partial charge in [-0.1, -0.05) is 6.08 Å². The molecule has 2 N–H and O–H groups in total. The molecule has 0 aliphatic carbocycles. The van der Waals surface area contributed by atoms with Crippen molar-refractivity contribution < 1.29 is 32.5 Å². The third kappa shape index (κ3) is 8.47. The molecule has 0 saturated heterocycles. The van der Waals surface area contributed by atoms with Crippen LogP contribution in [-0.2, 0) is 9.53 Å². The van der Waals surface area contributed by atoms with Gasteiger partial charge in [-0.3, -0.25) is 10.1 Å². The molecular formula is C21H27F3INO4S. The van der Waals surface area contributed by atoms with Gasteiger partial charge in [0.25, 0.3) is 0 Å². The first-order valence-electron chi connectivity index (χ1n) is 9.85. The van der Waals surface area contributed by atoms with Crippen molar-refractivity contribution in [2.75, 3.05) is 13.7 Å². The van der Waals surface area contributed by atoms with Crippen molar-refractivity contribution in [1.29, 1.82) is 0 Å². The molecule has 0 aromatic heterocycles. The molecule has 1 aliphatic heterocycles. The largest absolute Gasteiger partial charge is 0.489 e. The molecule has 174 valence electrons. The van der Waals surface area contributed by atoms with E-state index in [4.69, 9.17) is 4.74 Å². The number of thioether (sulfide) groups is 1. The fourth-order valence-corrected chi connectivity index (χ4v) is 4.80. The molecule has 0 bridgehead atoms. The van der Waals surface area contributed by atoms with Crippen LogP contribution >= 0.6 is 34.4 Å². The van der Waals surface area contributed by atoms with Crippen LogP contribution in [0, 0.1) is 17.4 Å². The molecule has 10 heteroatoms. The highest BCUT2D eigenvalue weighted by Gasteiger charge is 2.35. The fraction of sp³-hybridized carbons (Fsp3) is 0.571. The van der Waals surface area contributed by atoms with E-state index in [1.54, 1.807) is 6.08 Å². The van der Waals surface area contributed by atoms with E-state index in [0.29, 0.717) is 17.1 Å². The number of aryl methyl sites for hydroxylation is 2. The summed E-state index contributed by atoms with van der Waals surface area (Å²) in [7, 11) is 1.29. The number of hydrogen-bond donors (Lipinski definition) is 2. The number of rotatable bonds is 10. The lowest BCUT2D eigenvalue weighted by atomic mass is 10.1. The SMILES string of the molecule is COC(=O)CCNC(O)C1=CCC(C(CCC(F)(F)F)Oc2cc(C)c(I)c(C)c2)S1. The van der Waals surface area contributed by atoms with Gasteiger partial charge in [0.05, 0.1) is 13.5 Å². The van der Waals surface area contributed by atoms with Gasteiger partial charge in [0.1, 0.15) is 18.1 Å². The lowest BCUT2D eigenvalue weighted by molar-refractivity contribution is -0.140. The molecule has 0 radical (unpaired) electrons. The predicted molar refractivity (Wildman–Crippen MR) is 123 cm³/mol. The first-order chi connectivity index (χ1) is 14.5. The van der Waals surface area contributed by atoms with E-state index in [2.05, 4.69) is 32.6 Å². The number of nitrogens with one attached hydrogen (secondary N) is 1. The van der Waals surface area contributed by atoms with Crippen molar-refractivity contribution in [2.24, 2.45) is 0 Å². The minimum atomic E-state index is -4.27. The number of aliphatic hydroxyl groups is 1. The molecule has 5 nitrogen and oxygen atoms in total. The average Bonchev–Trinajstić information content (AvgIpc) is 3.18. The van der Waals surface area contributed by atoms with Crippen LogP contribution in [-0.4, -0.2) is 48.5 Å². The molecule has 3 unspecified atom stereocenters. The minimum absolute atomic E-state index is 0.109. The molecular weight excluding hydrogens is 546 g/mol. The Morgan fingerprint density at radius 1 is 1.35 bits per heavy atom. The number of halogens is 4. The molecule has 0 amide bonds. The second-order valence-corrected chi connectivity index (χ2v) is 9.75. The number of allylic oxidation sites excluding steroid dienone is 1. The maximum absolute atomic E-state index is 12.9. The summed E-state index contributed by atoms with van der Waals surface area (Å²) in [6.07, 6.45) is -4.64. The Morgan fingerprint density at radius 3 is 2.58 bits per heavy atom. The number of aliphatic hydroxyl groups excluding tert-OH is 1. The first-order valence-corrected chi connectivity index (χ1v) is 11.8. The van der Waals surface area contributed by atoms with Crippen LogP contribution in [0.5, 0.6) is 5.75 Å². The molecule has 1 aromatic rings. The molecule has 3 atom stereocenters. The van der Waals surface area contributed by atoms with Crippen molar-refractivity contribution in [3.05, 3.63) is 37.8 Å². The van der Waals surface area contributed by atoms with E-state index in [0.717, 1.165) is 14.7 Å². The van der Waals surface area contributed by atoms with E-state index in [1.807, 2.05) is 26.0 Å². The van der Waals surface area contributed by atoms with Crippen molar-refractivity contribution in [3.8, 4) is 5.75 Å². The summed E-state index contributed by atoms with van der Waals surface area (Å²) in [4.78, 5) is 11.8. The fourth-order valence-electron chi connectivity index (χ4n) is 3.20. The number of ether oxygens (including phenoxy) is 2. The van der Waals surface area contributed by atoms with Crippen LogP contribution in [0.25, 0.3) is 0 Å². The van der Waals surface area contributed by atoms with Gasteiger partial charge in [0, 0.05) is 26.7 Å². The highest BCUT2D eigenvalue weighted by Crippen LogP contribution is 2.39. The molecule has 31 heavy (non-hydrogen) atoms. The van der Waals surface area contributed by atoms with Gasteiger partial charge in [-0.25, -0.2) is 0 Å². The maximum Gasteiger partial charge on any atom is 0.389 e. The van der Waals surface area contributed by atoms with E-state index in [9.17, 15) is 23.1 Å². The molecule has 1 aromatic carbocycles. The van der Waals surface area contributed by atoms with Gasteiger partial charge in [-0.2, -0.15) is 13.2 Å². The highest BCUT2D eigenvalue weighted by molar-refractivity contribution is 14.1. The Kier molecular flexibility index (Phi) is 9.97. The summed E-state index contributed by atoms with van der Waals surface area (Å²) in [6, 6.07) is 3.68. The van der Waals surface area contributed by atoms with Gasteiger partial charge < -0.3 is 14.6 Å². The van der Waals surface area contributed by atoms with Gasteiger partial charge in [0.15, 0.2) is 0 Å². The van der Waals surface area contributed by atoms with Crippen molar-refractivity contribution in [1.82, 2.24) is 5.32 Å². The standard InChI is InChI=1S/C21H27F3INO4S/c1-12-10-14(11-13(2)19(12)25)30-15(6-8-21(22,23)24)16-4-5-17(31-16)20(28)26-9-7-18(27)29-3/h5,10-11,15-16,20,26,28H,4,6-9H2,1-3H3. The second kappa shape index (κ2) is 11.8. The normalized spacial score (nSPS) is 18.5. The summed E-state index contributed by atoms with van der Waals surface area (Å²) >= 11 is 3.54.